The summed E-state index contributed by atoms with van der Waals surface area (Å²) in [6.45, 7) is 4.61. The number of hydrogen-bond acceptors (Lipinski definition) is 0. The molecule has 0 fully saturated rings. The van der Waals surface area contributed by atoms with E-state index in [2.05, 4.69) is 32.0 Å². The number of hydrogen-bond donors (Lipinski definition) is 0. The van der Waals surface area contributed by atoms with E-state index in [1.807, 2.05) is 12.1 Å². The van der Waals surface area contributed by atoms with Gasteiger partial charge in [0.1, 0.15) is 0 Å². The Kier molecular flexibility index (Phi) is 3.72. The molecule has 1 rings (SSSR count). The summed E-state index contributed by atoms with van der Waals surface area (Å²) in [6.07, 6.45) is 0. The SMILES string of the molecule is CC[As](CC)c1cc[c]cc1. The van der Waals surface area contributed by atoms with Gasteiger partial charge in [-0.2, -0.15) is 0 Å². The van der Waals surface area contributed by atoms with Gasteiger partial charge in [-0.15, -0.1) is 0 Å². The molecule has 0 heterocycles. The zero-order chi connectivity index (χ0) is 8.10. The molecule has 59 valence electrons. The van der Waals surface area contributed by atoms with Crippen LogP contribution >= 0.6 is 0 Å². The summed E-state index contributed by atoms with van der Waals surface area (Å²) >= 11 is -0.636. The normalized spacial score (nSPS) is 10.5. The molecule has 0 bridgehead atoms. The summed E-state index contributed by atoms with van der Waals surface area (Å²) in [6, 6.07) is 11.6. The zero-order valence-corrected chi connectivity index (χ0v) is 9.05. The van der Waals surface area contributed by atoms with Gasteiger partial charge in [-0.3, -0.25) is 0 Å². The standard InChI is InChI=1S/C10H14As/c1-3-11(4-2)10-8-6-5-7-9-10/h6-9H,3-4H2,1-2H3. The number of rotatable bonds is 3. The van der Waals surface area contributed by atoms with Crippen LogP contribution in [0, 0.1) is 6.07 Å². The molecule has 1 aromatic carbocycles. The van der Waals surface area contributed by atoms with Crippen LogP contribution in [0.3, 0.4) is 0 Å². The van der Waals surface area contributed by atoms with Gasteiger partial charge >= 0.3 is 73.6 Å². The predicted octanol–water partition coefficient (Wildman–Crippen LogP) is 2.23. The average Bonchev–Trinajstić information content (AvgIpc) is 2.09. The van der Waals surface area contributed by atoms with Crippen LogP contribution < -0.4 is 4.35 Å². The first-order valence-electron chi connectivity index (χ1n) is 4.09. The van der Waals surface area contributed by atoms with Crippen molar-refractivity contribution in [2.75, 3.05) is 0 Å². The first-order valence-corrected chi connectivity index (χ1v) is 7.68. The van der Waals surface area contributed by atoms with Crippen molar-refractivity contribution in [1.29, 1.82) is 0 Å². The monoisotopic (exact) mass is 209 g/mol. The molecule has 1 aromatic rings. The second-order valence-electron chi connectivity index (χ2n) is 2.43. The Morgan fingerprint density at radius 1 is 1.18 bits per heavy atom. The molecule has 0 aliphatic carbocycles. The van der Waals surface area contributed by atoms with E-state index in [0.717, 1.165) is 0 Å². The van der Waals surface area contributed by atoms with Crippen molar-refractivity contribution in [1.82, 2.24) is 0 Å². The second kappa shape index (κ2) is 4.61. The van der Waals surface area contributed by atoms with E-state index in [-0.39, 0.29) is 0 Å². The quantitative estimate of drug-likeness (QED) is 0.669. The van der Waals surface area contributed by atoms with E-state index < -0.39 is 14.7 Å². The van der Waals surface area contributed by atoms with E-state index >= 15 is 0 Å². The molecule has 0 saturated carbocycles. The molecule has 0 unspecified atom stereocenters. The minimum absolute atomic E-state index is 0.636. The first kappa shape index (κ1) is 8.87. The van der Waals surface area contributed by atoms with Crippen molar-refractivity contribution >= 4 is 19.0 Å². The third-order valence-corrected chi connectivity index (χ3v) is 7.19. The van der Waals surface area contributed by atoms with E-state index in [0.29, 0.717) is 0 Å². The second-order valence-corrected chi connectivity index (χ2v) is 8.43. The van der Waals surface area contributed by atoms with Gasteiger partial charge in [0.15, 0.2) is 0 Å². The molecular formula is C10H14As. The zero-order valence-electron chi connectivity index (χ0n) is 7.17. The molecule has 0 nitrogen and oxygen atoms in total. The van der Waals surface area contributed by atoms with Gasteiger partial charge in [0.05, 0.1) is 0 Å². The van der Waals surface area contributed by atoms with Gasteiger partial charge in [-0.1, -0.05) is 0 Å². The first-order chi connectivity index (χ1) is 5.38. The minimum atomic E-state index is -0.636. The fourth-order valence-corrected chi connectivity index (χ4v) is 4.85. The van der Waals surface area contributed by atoms with E-state index in [1.54, 1.807) is 4.35 Å². The molecule has 0 amide bonds. The summed E-state index contributed by atoms with van der Waals surface area (Å²) in [7, 11) is 0. The Morgan fingerprint density at radius 3 is 2.18 bits per heavy atom. The average molecular weight is 209 g/mol. The van der Waals surface area contributed by atoms with Crippen molar-refractivity contribution in [2.24, 2.45) is 0 Å². The maximum atomic E-state index is 3.06. The maximum absolute atomic E-state index is 3.06. The Hall–Kier alpha value is -0.222. The van der Waals surface area contributed by atoms with E-state index in [4.69, 9.17) is 0 Å². The van der Waals surface area contributed by atoms with Crippen LogP contribution in [0.4, 0.5) is 0 Å². The van der Waals surface area contributed by atoms with Crippen molar-refractivity contribution < 1.29 is 0 Å². The van der Waals surface area contributed by atoms with Gasteiger partial charge in [0.2, 0.25) is 0 Å². The van der Waals surface area contributed by atoms with Gasteiger partial charge in [0, 0.05) is 0 Å². The van der Waals surface area contributed by atoms with E-state index in [9.17, 15) is 0 Å². The molecule has 0 aliphatic rings. The van der Waals surface area contributed by atoms with Gasteiger partial charge in [-0.05, 0) is 0 Å². The molecule has 0 saturated heterocycles. The third-order valence-electron chi connectivity index (χ3n) is 1.83. The summed E-state index contributed by atoms with van der Waals surface area (Å²) in [5, 5.41) is 2.76. The molecule has 1 heteroatoms. The van der Waals surface area contributed by atoms with Gasteiger partial charge < -0.3 is 0 Å². The van der Waals surface area contributed by atoms with Crippen molar-refractivity contribution in [3.63, 3.8) is 0 Å². The molecule has 0 spiro atoms. The summed E-state index contributed by atoms with van der Waals surface area (Å²) in [5.74, 6) is 0. The fourth-order valence-electron chi connectivity index (χ4n) is 1.18. The molecular weight excluding hydrogens is 195 g/mol. The van der Waals surface area contributed by atoms with Crippen molar-refractivity contribution in [2.45, 2.75) is 24.3 Å². The van der Waals surface area contributed by atoms with Crippen molar-refractivity contribution in [3.05, 3.63) is 30.3 Å². The van der Waals surface area contributed by atoms with Gasteiger partial charge in [-0.25, -0.2) is 0 Å². The Bertz CT molecular complexity index is 189. The van der Waals surface area contributed by atoms with Crippen LogP contribution in [-0.2, 0) is 0 Å². The summed E-state index contributed by atoms with van der Waals surface area (Å²) in [4.78, 5) is 0. The van der Waals surface area contributed by atoms with Crippen LogP contribution in [-0.4, -0.2) is 14.7 Å². The van der Waals surface area contributed by atoms with Crippen LogP contribution in [0.25, 0.3) is 0 Å². The molecule has 0 atom stereocenters. The Balaban J connectivity index is 2.74. The number of benzene rings is 1. The van der Waals surface area contributed by atoms with Gasteiger partial charge in [0.25, 0.3) is 0 Å². The van der Waals surface area contributed by atoms with Crippen LogP contribution in [0.1, 0.15) is 13.8 Å². The predicted molar refractivity (Wildman–Crippen MR) is 51.6 cm³/mol. The molecule has 11 heavy (non-hydrogen) atoms. The Morgan fingerprint density at radius 2 is 1.73 bits per heavy atom. The van der Waals surface area contributed by atoms with Crippen LogP contribution in [0.5, 0.6) is 0 Å². The summed E-state index contributed by atoms with van der Waals surface area (Å²) < 4.78 is 1.60. The molecule has 0 N–H and O–H groups in total. The molecule has 0 aliphatic heterocycles. The third kappa shape index (κ3) is 2.38. The van der Waals surface area contributed by atoms with Crippen LogP contribution in [0.15, 0.2) is 24.3 Å². The molecule has 0 aromatic heterocycles. The Labute approximate surface area is 73.9 Å². The topological polar surface area (TPSA) is 0 Å². The van der Waals surface area contributed by atoms with E-state index in [1.165, 1.54) is 10.4 Å². The van der Waals surface area contributed by atoms with Crippen LogP contribution in [0.2, 0.25) is 10.4 Å². The molecule has 1 radical (unpaired) electrons. The fraction of sp³-hybridized carbons (Fsp3) is 0.400. The van der Waals surface area contributed by atoms with Crippen molar-refractivity contribution in [3.8, 4) is 0 Å². The summed E-state index contributed by atoms with van der Waals surface area (Å²) in [5.41, 5.74) is 0.